The number of ether oxygens (including phenoxy) is 1. The predicted molar refractivity (Wildman–Crippen MR) is 125 cm³/mol. The van der Waals surface area contributed by atoms with Gasteiger partial charge in [0.2, 0.25) is 11.8 Å². The van der Waals surface area contributed by atoms with Gasteiger partial charge in [0.25, 0.3) is 0 Å². The average molecular weight is 500 g/mol. The molecule has 2 aromatic rings. The summed E-state index contributed by atoms with van der Waals surface area (Å²) in [6.07, 6.45) is 0.532. The van der Waals surface area contributed by atoms with Crippen molar-refractivity contribution in [1.82, 2.24) is 5.32 Å². The van der Waals surface area contributed by atoms with E-state index in [0.29, 0.717) is 30.0 Å². The quantitative estimate of drug-likeness (QED) is 0.539. The van der Waals surface area contributed by atoms with Crippen LogP contribution in [-0.4, -0.2) is 30.4 Å². The molecule has 3 atom stereocenters. The molecule has 0 saturated carbocycles. The van der Waals surface area contributed by atoms with E-state index in [2.05, 4.69) is 45.7 Å². The molecule has 0 aromatic heterocycles. The lowest BCUT2D eigenvalue weighted by molar-refractivity contribution is -0.130. The van der Waals surface area contributed by atoms with E-state index in [1.54, 1.807) is 31.2 Å². The minimum absolute atomic E-state index is 0.00706. The molecule has 7 nitrogen and oxygen atoms in total. The third-order valence-corrected chi connectivity index (χ3v) is 6.72. The van der Waals surface area contributed by atoms with E-state index in [4.69, 9.17) is 4.74 Å². The second-order valence-corrected chi connectivity index (χ2v) is 9.44. The number of hydrogen-bond donors (Lipinski definition) is 3. The van der Waals surface area contributed by atoms with E-state index in [0.717, 1.165) is 10.0 Å². The van der Waals surface area contributed by atoms with Gasteiger partial charge in [-0.15, -0.1) is 0 Å². The van der Waals surface area contributed by atoms with Crippen molar-refractivity contribution < 1.29 is 19.1 Å². The molecule has 3 N–H and O–H groups in total. The smallest absolute Gasteiger partial charge is 0.338 e. The lowest BCUT2D eigenvalue weighted by atomic mass is 9.79. The second kappa shape index (κ2) is 8.67. The molecule has 0 radical (unpaired) electrons. The van der Waals surface area contributed by atoms with Gasteiger partial charge in [0.15, 0.2) is 0 Å². The van der Waals surface area contributed by atoms with Gasteiger partial charge in [-0.3, -0.25) is 14.9 Å². The van der Waals surface area contributed by atoms with Crippen LogP contribution in [0.15, 0.2) is 46.9 Å². The molecule has 2 aliphatic rings. The fourth-order valence-electron chi connectivity index (χ4n) is 4.54. The number of carbonyl (C=O) groups excluding carboxylic acids is 3. The van der Waals surface area contributed by atoms with Gasteiger partial charge >= 0.3 is 5.97 Å². The number of anilines is 2. The maximum Gasteiger partial charge on any atom is 0.338 e. The molecule has 2 heterocycles. The third-order valence-electron chi connectivity index (χ3n) is 6.22. The van der Waals surface area contributed by atoms with Crippen LogP contribution in [0.4, 0.5) is 11.4 Å². The van der Waals surface area contributed by atoms with Crippen molar-refractivity contribution in [2.45, 2.75) is 38.8 Å². The highest BCUT2D eigenvalue weighted by molar-refractivity contribution is 9.10. The van der Waals surface area contributed by atoms with Gasteiger partial charge in [0, 0.05) is 27.5 Å². The van der Waals surface area contributed by atoms with Gasteiger partial charge in [0.1, 0.15) is 5.54 Å². The number of halogens is 1. The summed E-state index contributed by atoms with van der Waals surface area (Å²) >= 11 is 3.49. The molecule has 32 heavy (non-hydrogen) atoms. The first-order valence-corrected chi connectivity index (χ1v) is 11.5. The molecule has 0 unspecified atom stereocenters. The Morgan fingerprint density at radius 2 is 1.94 bits per heavy atom. The number of carbonyl (C=O) groups is 3. The van der Waals surface area contributed by atoms with Crippen LogP contribution in [-0.2, 0) is 19.9 Å². The van der Waals surface area contributed by atoms with E-state index in [1.165, 1.54) is 0 Å². The topological polar surface area (TPSA) is 96.5 Å². The maximum absolute atomic E-state index is 13.5. The van der Waals surface area contributed by atoms with Crippen LogP contribution < -0.4 is 16.0 Å². The van der Waals surface area contributed by atoms with E-state index >= 15 is 0 Å². The molecule has 1 saturated heterocycles. The lowest BCUT2D eigenvalue weighted by Crippen LogP contribution is -2.52. The fraction of sp³-hybridized carbons (Fsp3) is 0.375. The molecule has 4 rings (SSSR count). The molecule has 1 fully saturated rings. The summed E-state index contributed by atoms with van der Waals surface area (Å²) in [7, 11) is 0. The Morgan fingerprint density at radius 1 is 1.22 bits per heavy atom. The molecule has 1 spiro atoms. The number of nitrogens with one attached hydrogen (secondary N) is 3. The Labute approximate surface area is 195 Å². The van der Waals surface area contributed by atoms with Crippen molar-refractivity contribution in [3.05, 3.63) is 58.1 Å². The van der Waals surface area contributed by atoms with Crippen molar-refractivity contribution in [1.29, 1.82) is 0 Å². The molecule has 2 aromatic carbocycles. The van der Waals surface area contributed by atoms with Crippen molar-refractivity contribution in [2.75, 3.05) is 17.2 Å². The van der Waals surface area contributed by atoms with E-state index in [-0.39, 0.29) is 23.8 Å². The van der Waals surface area contributed by atoms with Crippen LogP contribution in [0.5, 0.6) is 0 Å². The van der Waals surface area contributed by atoms with E-state index in [9.17, 15) is 14.4 Å². The normalized spacial score (nSPS) is 23.8. The molecule has 0 bridgehead atoms. The fourth-order valence-corrected chi connectivity index (χ4v) is 4.90. The van der Waals surface area contributed by atoms with Gasteiger partial charge in [-0.2, -0.15) is 0 Å². The van der Waals surface area contributed by atoms with Crippen molar-refractivity contribution in [2.24, 2.45) is 11.8 Å². The Balaban J connectivity index is 1.64. The largest absolute Gasteiger partial charge is 0.462 e. The highest BCUT2D eigenvalue weighted by Gasteiger charge is 2.60. The van der Waals surface area contributed by atoms with Crippen molar-refractivity contribution in [3.8, 4) is 0 Å². The summed E-state index contributed by atoms with van der Waals surface area (Å²) in [5.41, 5.74) is 1.32. The standard InChI is InChI=1S/C24H26BrN3O4/c1-4-32-22(30)14-5-8-16(9-6-14)26-21(29)18-12-20(13(2)3)28-24(18)17-11-15(25)7-10-19(17)27-23(24)31/h5-11,13,18,20,28H,4,12H2,1-3H3,(H,26,29)(H,27,31)/t18-,20-,24+/m1/s1. The number of hydrogen-bond acceptors (Lipinski definition) is 5. The number of amides is 2. The number of esters is 1. The Hall–Kier alpha value is -2.71. The Kier molecular flexibility index (Phi) is 6.09. The van der Waals surface area contributed by atoms with E-state index in [1.807, 2.05) is 18.2 Å². The molecule has 2 aliphatic heterocycles. The van der Waals surface area contributed by atoms with E-state index < -0.39 is 17.4 Å². The Bertz CT molecular complexity index is 1070. The molecule has 2 amide bonds. The minimum Gasteiger partial charge on any atom is -0.462 e. The zero-order valence-electron chi connectivity index (χ0n) is 18.2. The van der Waals surface area contributed by atoms with Gasteiger partial charge in [0.05, 0.1) is 18.1 Å². The summed E-state index contributed by atoms with van der Waals surface area (Å²) in [6.45, 7) is 6.20. The molecular formula is C24H26BrN3O4. The number of fused-ring (bicyclic) bond motifs is 2. The first kappa shape index (κ1) is 22.5. The van der Waals surface area contributed by atoms with Crippen LogP contribution in [0, 0.1) is 11.8 Å². The number of benzene rings is 2. The van der Waals surface area contributed by atoms with Crippen molar-refractivity contribution in [3.63, 3.8) is 0 Å². The second-order valence-electron chi connectivity index (χ2n) is 8.52. The SMILES string of the molecule is CCOC(=O)c1ccc(NC(=O)[C@H]2C[C@H](C(C)C)N[C@]23C(=O)Nc2ccc(Br)cc23)cc1. The monoisotopic (exact) mass is 499 g/mol. The first-order chi connectivity index (χ1) is 15.3. The van der Waals surface area contributed by atoms with Crippen LogP contribution in [0.2, 0.25) is 0 Å². The highest BCUT2D eigenvalue weighted by Crippen LogP contribution is 2.48. The predicted octanol–water partition coefficient (Wildman–Crippen LogP) is 4.05. The summed E-state index contributed by atoms with van der Waals surface area (Å²) in [6, 6.07) is 12.2. The summed E-state index contributed by atoms with van der Waals surface area (Å²) < 4.78 is 5.84. The van der Waals surface area contributed by atoms with Gasteiger partial charge in [-0.1, -0.05) is 29.8 Å². The summed E-state index contributed by atoms with van der Waals surface area (Å²) in [4.78, 5) is 38.6. The van der Waals surface area contributed by atoms with Crippen LogP contribution in [0.3, 0.4) is 0 Å². The van der Waals surface area contributed by atoms with Crippen molar-refractivity contribution >= 4 is 45.1 Å². The minimum atomic E-state index is -1.14. The number of rotatable bonds is 5. The summed E-state index contributed by atoms with van der Waals surface area (Å²) in [5, 5.41) is 9.38. The average Bonchev–Trinajstić information content (AvgIpc) is 3.29. The van der Waals surface area contributed by atoms with Crippen LogP contribution in [0.1, 0.15) is 43.1 Å². The van der Waals surface area contributed by atoms with Crippen LogP contribution in [0.25, 0.3) is 0 Å². The molecule has 8 heteroatoms. The summed E-state index contributed by atoms with van der Waals surface area (Å²) in [5.74, 6) is -1.22. The van der Waals surface area contributed by atoms with Gasteiger partial charge in [-0.05, 0) is 61.7 Å². The molecule has 0 aliphatic carbocycles. The zero-order valence-corrected chi connectivity index (χ0v) is 19.8. The van der Waals surface area contributed by atoms with Gasteiger partial charge < -0.3 is 15.4 Å². The van der Waals surface area contributed by atoms with Crippen LogP contribution >= 0.6 is 15.9 Å². The highest BCUT2D eigenvalue weighted by atomic mass is 79.9. The molecule has 168 valence electrons. The zero-order chi connectivity index (χ0) is 23.0. The maximum atomic E-state index is 13.5. The first-order valence-electron chi connectivity index (χ1n) is 10.7. The third kappa shape index (κ3) is 3.82. The molecular weight excluding hydrogens is 474 g/mol. The lowest BCUT2D eigenvalue weighted by Gasteiger charge is -2.29. The Morgan fingerprint density at radius 3 is 2.59 bits per heavy atom. The van der Waals surface area contributed by atoms with Gasteiger partial charge in [-0.25, -0.2) is 4.79 Å².